The van der Waals surface area contributed by atoms with Gasteiger partial charge in [-0.3, -0.25) is 0 Å². The molecule has 0 aromatic rings. The van der Waals surface area contributed by atoms with Crippen molar-refractivity contribution in [3.63, 3.8) is 0 Å². The summed E-state index contributed by atoms with van der Waals surface area (Å²) in [6.07, 6.45) is 16.4. The van der Waals surface area contributed by atoms with Crippen LogP contribution in [-0.2, 0) is 0 Å². The molecule has 0 heteroatoms. The van der Waals surface area contributed by atoms with Gasteiger partial charge >= 0.3 is 0 Å². The van der Waals surface area contributed by atoms with Crippen LogP contribution in [0.3, 0.4) is 0 Å². The molecule has 0 spiro atoms. The lowest BCUT2D eigenvalue weighted by Gasteiger charge is -2.30. The molecular weight excluding hydrogens is 204 g/mol. The topological polar surface area (TPSA) is 0 Å². The number of hydrogen-bond acceptors (Lipinski definition) is 0. The van der Waals surface area contributed by atoms with Gasteiger partial charge in [-0.2, -0.15) is 0 Å². The smallest absolute Gasteiger partial charge is 0.0391 e. The van der Waals surface area contributed by atoms with Crippen LogP contribution < -0.4 is 0 Å². The van der Waals surface area contributed by atoms with Crippen LogP contribution in [0.5, 0.6) is 0 Å². The lowest BCUT2D eigenvalue weighted by Crippen LogP contribution is -2.18. The fourth-order valence-corrected chi connectivity index (χ4v) is 3.36. The molecule has 1 rings (SSSR count). The quantitative estimate of drug-likeness (QED) is 0.442. The van der Waals surface area contributed by atoms with Crippen molar-refractivity contribution in [3.05, 3.63) is 0 Å². The van der Waals surface area contributed by atoms with Crippen LogP contribution in [0.25, 0.3) is 0 Å². The summed E-state index contributed by atoms with van der Waals surface area (Å²) >= 11 is 0. The Balaban J connectivity index is 1.95. The van der Waals surface area contributed by atoms with Crippen molar-refractivity contribution < 1.29 is 0 Å². The van der Waals surface area contributed by atoms with Crippen molar-refractivity contribution in [1.29, 1.82) is 0 Å². The van der Waals surface area contributed by atoms with E-state index in [1.165, 1.54) is 70.6 Å². The molecule has 0 atom stereocenters. The van der Waals surface area contributed by atoms with Gasteiger partial charge in [0.1, 0.15) is 0 Å². The van der Waals surface area contributed by atoms with Crippen LogP contribution in [-0.4, -0.2) is 0 Å². The van der Waals surface area contributed by atoms with Crippen LogP contribution in [0.15, 0.2) is 0 Å². The van der Waals surface area contributed by atoms with Gasteiger partial charge < -0.3 is 0 Å². The maximum absolute atomic E-state index is 2.40. The summed E-state index contributed by atoms with van der Waals surface area (Å²) in [6.45, 7) is 7.10. The van der Waals surface area contributed by atoms with Crippen molar-refractivity contribution in [2.75, 3.05) is 0 Å². The van der Waals surface area contributed by atoms with Gasteiger partial charge in [-0.05, 0) is 30.6 Å². The van der Waals surface area contributed by atoms with Gasteiger partial charge in [0.2, 0.25) is 0 Å². The SMILES string of the molecule is CCCCCCCCC1CCC(C(C)C)CC1. The summed E-state index contributed by atoms with van der Waals surface area (Å²) in [5, 5.41) is 0. The zero-order chi connectivity index (χ0) is 12.5. The Morgan fingerprint density at radius 1 is 0.824 bits per heavy atom. The Hall–Kier alpha value is 0. The van der Waals surface area contributed by atoms with Crippen LogP contribution in [0.1, 0.15) is 91.4 Å². The highest BCUT2D eigenvalue weighted by Crippen LogP contribution is 2.35. The van der Waals surface area contributed by atoms with E-state index < -0.39 is 0 Å². The van der Waals surface area contributed by atoms with Crippen molar-refractivity contribution in [2.24, 2.45) is 17.8 Å². The fraction of sp³-hybridized carbons (Fsp3) is 1.00. The van der Waals surface area contributed by atoms with Gasteiger partial charge in [0.15, 0.2) is 0 Å². The number of rotatable bonds is 8. The molecule has 0 aromatic carbocycles. The molecule has 0 nitrogen and oxygen atoms in total. The Labute approximate surface area is 110 Å². The monoisotopic (exact) mass is 238 g/mol. The van der Waals surface area contributed by atoms with Crippen LogP contribution in [0.4, 0.5) is 0 Å². The summed E-state index contributed by atoms with van der Waals surface area (Å²) in [6, 6.07) is 0. The third-order valence-corrected chi connectivity index (χ3v) is 4.80. The minimum Gasteiger partial charge on any atom is -0.0654 e. The van der Waals surface area contributed by atoms with E-state index >= 15 is 0 Å². The standard InChI is InChI=1S/C17H34/c1-4-5-6-7-8-9-10-16-11-13-17(14-12-16)15(2)3/h15-17H,4-14H2,1-3H3. The van der Waals surface area contributed by atoms with E-state index in [2.05, 4.69) is 20.8 Å². The molecule has 1 saturated carbocycles. The summed E-state index contributed by atoms with van der Waals surface area (Å²) in [5.41, 5.74) is 0. The Morgan fingerprint density at radius 2 is 1.41 bits per heavy atom. The van der Waals surface area contributed by atoms with Gasteiger partial charge in [-0.15, -0.1) is 0 Å². The molecule has 1 aliphatic carbocycles. The maximum atomic E-state index is 2.40. The van der Waals surface area contributed by atoms with E-state index in [0.29, 0.717) is 0 Å². The Kier molecular flexibility index (Phi) is 7.97. The highest BCUT2D eigenvalue weighted by Gasteiger charge is 2.22. The first kappa shape index (κ1) is 15.1. The second kappa shape index (κ2) is 9.00. The van der Waals surface area contributed by atoms with Crippen molar-refractivity contribution in [1.82, 2.24) is 0 Å². The van der Waals surface area contributed by atoms with Crippen molar-refractivity contribution in [2.45, 2.75) is 91.4 Å². The van der Waals surface area contributed by atoms with Crippen LogP contribution in [0.2, 0.25) is 0 Å². The van der Waals surface area contributed by atoms with Crippen LogP contribution in [0, 0.1) is 17.8 Å². The third kappa shape index (κ3) is 6.48. The van der Waals surface area contributed by atoms with Gasteiger partial charge in [-0.25, -0.2) is 0 Å². The Morgan fingerprint density at radius 3 is 2.00 bits per heavy atom. The highest BCUT2D eigenvalue weighted by molar-refractivity contribution is 4.74. The summed E-state index contributed by atoms with van der Waals surface area (Å²) in [5.74, 6) is 3.04. The average molecular weight is 238 g/mol. The minimum atomic E-state index is 0.921. The van der Waals surface area contributed by atoms with E-state index in [0.717, 1.165) is 17.8 Å². The van der Waals surface area contributed by atoms with Crippen LogP contribution >= 0.6 is 0 Å². The first-order valence-electron chi connectivity index (χ1n) is 8.24. The minimum absolute atomic E-state index is 0.921. The van der Waals surface area contributed by atoms with Crippen molar-refractivity contribution >= 4 is 0 Å². The molecule has 0 aromatic heterocycles. The lowest BCUT2D eigenvalue weighted by atomic mass is 9.75. The predicted molar refractivity (Wildman–Crippen MR) is 78.3 cm³/mol. The predicted octanol–water partition coefficient (Wildman–Crippen LogP) is 6.20. The normalized spacial score (nSPS) is 25.4. The molecule has 0 saturated heterocycles. The largest absolute Gasteiger partial charge is 0.0654 e. The molecular formula is C17H34. The second-order valence-corrected chi connectivity index (χ2v) is 6.58. The summed E-state index contributed by atoms with van der Waals surface area (Å²) < 4.78 is 0. The van der Waals surface area contributed by atoms with Gasteiger partial charge in [0, 0.05) is 0 Å². The zero-order valence-electron chi connectivity index (χ0n) is 12.5. The molecule has 0 radical (unpaired) electrons. The molecule has 0 heterocycles. The second-order valence-electron chi connectivity index (χ2n) is 6.58. The first-order valence-corrected chi connectivity index (χ1v) is 8.24. The first-order chi connectivity index (χ1) is 8.24. The Bertz CT molecular complexity index is 163. The van der Waals surface area contributed by atoms with Crippen molar-refractivity contribution in [3.8, 4) is 0 Å². The maximum Gasteiger partial charge on any atom is -0.0391 e. The highest BCUT2D eigenvalue weighted by atomic mass is 14.3. The van der Waals surface area contributed by atoms with Gasteiger partial charge in [0.05, 0.1) is 0 Å². The molecule has 102 valence electrons. The molecule has 0 N–H and O–H groups in total. The van der Waals surface area contributed by atoms with E-state index in [9.17, 15) is 0 Å². The number of hydrogen-bond donors (Lipinski definition) is 0. The molecule has 0 aliphatic heterocycles. The van der Waals surface area contributed by atoms with Gasteiger partial charge in [-0.1, -0.05) is 78.6 Å². The van der Waals surface area contributed by atoms with E-state index in [4.69, 9.17) is 0 Å². The van der Waals surface area contributed by atoms with E-state index in [1.54, 1.807) is 0 Å². The molecule has 1 fully saturated rings. The third-order valence-electron chi connectivity index (χ3n) is 4.80. The summed E-state index contributed by atoms with van der Waals surface area (Å²) in [4.78, 5) is 0. The number of unbranched alkanes of at least 4 members (excludes halogenated alkanes) is 5. The zero-order valence-corrected chi connectivity index (χ0v) is 12.5. The molecule has 17 heavy (non-hydrogen) atoms. The fourth-order valence-electron chi connectivity index (χ4n) is 3.36. The molecule has 0 unspecified atom stereocenters. The molecule has 0 amide bonds. The summed E-state index contributed by atoms with van der Waals surface area (Å²) in [7, 11) is 0. The molecule has 0 bridgehead atoms. The van der Waals surface area contributed by atoms with E-state index in [1.807, 2.05) is 0 Å². The average Bonchev–Trinajstić information content (AvgIpc) is 2.34. The lowest BCUT2D eigenvalue weighted by molar-refractivity contribution is 0.214. The van der Waals surface area contributed by atoms with Gasteiger partial charge in [0.25, 0.3) is 0 Å². The van der Waals surface area contributed by atoms with E-state index in [-0.39, 0.29) is 0 Å². The molecule has 1 aliphatic rings.